The number of aliphatic hydroxyl groups excluding tert-OH is 1. The Labute approximate surface area is 140 Å². The van der Waals surface area contributed by atoms with Crippen molar-refractivity contribution >= 4 is 10.9 Å². The summed E-state index contributed by atoms with van der Waals surface area (Å²) in [5, 5.41) is 10.7. The summed E-state index contributed by atoms with van der Waals surface area (Å²) in [5.41, 5.74) is 2.65. The zero-order valence-electron chi connectivity index (χ0n) is 13.8. The summed E-state index contributed by atoms with van der Waals surface area (Å²) in [6.45, 7) is 4.17. The fraction of sp³-hybridized carbons (Fsp3) is 0.263. The van der Waals surface area contributed by atoms with Gasteiger partial charge in [0.15, 0.2) is 0 Å². The molecule has 1 aromatic heterocycles. The topological polar surface area (TPSA) is 64.3 Å². The van der Waals surface area contributed by atoms with Crippen molar-refractivity contribution in [2.24, 2.45) is 0 Å². The third-order valence-corrected chi connectivity index (χ3v) is 3.93. The Morgan fingerprint density at radius 3 is 2.67 bits per heavy atom. The van der Waals surface area contributed by atoms with Crippen LogP contribution in [-0.2, 0) is 6.54 Å². The summed E-state index contributed by atoms with van der Waals surface area (Å²) in [4.78, 5) is 16.8. The first-order valence-corrected chi connectivity index (χ1v) is 7.87. The van der Waals surface area contributed by atoms with Gasteiger partial charge < -0.3 is 9.84 Å². The molecule has 1 atom stereocenters. The number of benzene rings is 2. The number of aryl methyl sites for hydroxylation is 2. The summed E-state index contributed by atoms with van der Waals surface area (Å²) >= 11 is 0. The third kappa shape index (κ3) is 3.46. The van der Waals surface area contributed by atoms with Crippen molar-refractivity contribution in [3.8, 4) is 5.75 Å². The van der Waals surface area contributed by atoms with Crippen molar-refractivity contribution in [1.29, 1.82) is 0 Å². The number of hydrogen-bond donors (Lipinski definition) is 1. The Kier molecular flexibility index (Phi) is 4.62. The monoisotopic (exact) mass is 324 g/mol. The highest BCUT2D eigenvalue weighted by Gasteiger charge is 2.11. The van der Waals surface area contributed by atoms with Crippen molar-refractivity contribution in [2.75, 3.05) is 6.61 Å². The minimum Gasteiger partial charge on any atom is -0.491 e. The van der Waals surface area contributed by atoms with Crippen LogP contribution in [0.1, 0.15) is 11.1 Å². The quantitative estimate of drug-likeness (QED) is 0.783. The average Bonchev–Trinajstić information content (AvgIpc) is 2.57. The van der Waals surface area contributed by atoms with E-state index in [1.165, 1.54) is 10.9 Å². The molecule has 0 bridgehead atoms. The van der Waals surface area contributed by atoms with Gasteiger partial charge in [0, 0.05) is 0 Å². The predicted molar refractivity (Wildman–Crippen MR) is 93.4 cm³/mol. The Hall–Kier alpha value is -2.66. The maximum atomic E-state index is 12.5. The molecule has 124 valence electrons. The van der Waals surface area contributed by atoms with Crippen molar-refractivity contribution in [3.05, 3.63) is 70.3 Å². The summed E-state index contributed by atoms with van der Waals surface area (Å²) in [6, 6.07) is 13.1. The van der Waals surface area contributed by atoms with E-state index in [0.29, 0.717) is 16.7 Å². The number of ether oxygens (including phenoxy) is 1. The van der Waals surface area contributed by atoms with E-state index in [-0.39, 0.29) is 18.7 Å². The zero-order valence-corrected chi connectivity index (χ0v) is 13.8. The lowest BCUT2D eigenvalue weighted by molar-refractivity contribution is 0.0915. The lowest BCUT2D eigenvalue weighted by Gasteiger charge is -2.14. The van der Waals surface area contributed by atoms with E-state index in [1.807, 2.05) is 50.2 Å². The van der Waals surface area contributed by atoms with E-state index in [1.54, 1.807) is 6.07 Å². The molecular formula is C19H20N2O3. The fourth-order valence-corrected chi connectivity index (χ4v) is 2.57. The number of nitrogens with zero attached hydrogens (tertiary/aromatic N) is 2. The molecule has 0 saturated carbocycles. The minimum atomic E-state index is -0.798. The van der Waals surface area contributed by atoms with Crippen molar-refractivity contribution in [3.63, 3.8) is 0 Å². The first-order valence-electron chi connectivity index (χ1n) is 7.87. The second kappa shape index (κ2) is 6.84. The van der Waals surface area contributed by atoms with Gasteiger partial charge in [-0.2, -0.15) is 0 Å². The number of para-hydroxylation sites is 1. The van der Waals surface area contributed by atoms with Crippen LogP contribution in [0, 0.1) is 13.8 Å². The van der Waals surface area contributed by atoms with Crippen LogP contribution in [0.15, 0.2) is 53.6 Å². The van der Waals surface area contributed by atoms with Crippen molar-refractivity contribution in [1.82, 2.24) is 9.55 Å². The number of rotatable bonds is 5. The smallest absolute Gasteiger partial charge is 0.261 e. The number of fused-ring (bicyclic) bond motifs is 1. The number of hydrogen-bond acceptors (Lipinski definition) is 4. The van der Waals surface area contributed by atoms with Crippen molar-refractivity contribution < 1.29 is 9.84 Å². The predicted octanol–water partition coefficient (Wildman–Crippen LogP) is 2.45. The maximum absolute atomic E-state index is 12.5. The second-order valence-electron chi connectivity index (χ2n) is 5.95. The van der Waals surface area contributed by atoms with Crippen LogP contribution in [0.4, 0.5) is 0 Å². The van der Waals surface area contributed by atoms with E-state index in [2.05, 4.69) is 4.98 Å². The number of aromatic nitrogens is 2. The van der Waals surface area contributed by atoms with E-state index in [9.17, 15) is 9.90 Å². The molecule has 0 fully saturated rings. The lowest BCUT2D eigenvalue weighted by Crippen LogP contribution is -2.30. The lowest BCUT2D eigenvalue weighted by atomic mass is 10.1. The largest absolute Gasteiger partial charge is 0.491 e. The van der Waals surface area contributed by atoms with Crippen LogP contribution in [-0.4, -0.2) is 27.4 Å². The molecule has 0 aliphatic carbocycles. The van der Waals surface area contributed by atoms with Gasteiger partial charge in [-0.05, 0) is 37.6 Å². The van der Waals surface area contributed by atoms with Gasteiger partial charge in [0.25, 0.3) is 5.56 Å². The normalized spacial score (nSPS) is 12.3. The first kappa shape index (κ1) is 16.2. The van der Waals surface area contributed by atoms with Gasteiger partial charge in [-0.3, -0.25) is 9.36 Å². The van der Waals surface area contributed by atoms with Gasteiger partial charge in [0.2, 0.25) is 0 Å². The van der Waals surface area contributed by atoms with Gasteiger partial charge in [-0.1, -0.05) is 29.8 Å². The van der Waals surface area contributed by atoms with Gasteiger partial charge >= 0.3 is 0 Å². The van der Waals surface area contributed by atoms with E-state index >= 15 is 0 Å². The van der Waals surface area contributed by atoms with Crippen LogP contribution in [0.5, 0.6) is 5.75 Å². The highest BCUT2D eigenvalue weighted by Crippen LogP contribution is 2.13. The highest BCUT2D eigenvalue weighted by atomic mass is 16.5. The minimum absolute atomic E-state index is 0.112. The molecule has 3 aromatic rings. The summed E-state index contributed by atoms with van der Waals surface area (Å²) in [7, 11) is 0. The summed E-state index contributed by atoms with van der Waals surface area (Å²) < 4.78 is 6.98. The molecule has 1 heterocycles. The highest BCUT2D eigenvalue weighted by molar-refractivity contribution is 5.80. The summed E-state index contributed by atoms with van der Waals surface area (Å²) in [5.74, 6) is 0.694. The van der Waals surface area contributed by atoms with Crippen LogP contribution in [0.3, 0.4) is 0 Å². The van der Waals surface area contributed by atoms with Gasteiger partial charge in [-0.25, -0.2) is 4.98 Å². The Morgan fingerprint density at radius 1 is 1.17 bits per heavy atom. The molecule has 1 N–H and O–H groups in total. The Bertz CT molecular complexity index is 901. The summed E-state index contributed by atoms with van der Waals surface area (Å²) in [6.07, 6.45) is 0.681. The Balaban J connectivity index is 1.71. The number of aliphatic hydroxyl groups is 1. The fourth-order valence-electron chi connectivity index (χ4n) is 2.57. The second-order valence-corrected chi connectivity index (χ2v) is 5.95. The molecule has 24 heavy (non-hydrogen) atoms. The molecule has 1 unspecified atom stereocenters. The SMILES string of the molecule is Cc1ccc(OCC(O)Cn2cnc3c(C)cccc3c2=O)cc1. The molecule has 3 rings (SSSR count). The molecule has 0 aliphatic heterocycles. The van der Waals surface area contributed by atoms with Crippen LogP contribution in [0.2, 0.25) is 0 Å². The molecule has 0 spiro atoms. The van der Waals surface area contributed by atoms with Crippen LogP contribution < -0.4 is 10.3 Å². The van der Waals surface area contributed by atoms with Gasteiger partial charge in [0.05, 0.1) is 23.8 Å². The molecule has 0 aliphatic rings. The average molecular weight is 324 g/mol. The molecule has 5 nitrogen and oxygen atoms in total. The first-order chi connectivity index (χ1) is 11.5. The molecule has 0 radical (unpaired) electrons. The molecule has 0 saturated heterocycles. The van der Waals surface area contributed by atoms with Gasteiger partial charge in [0.1, 0.15) is 18.5 Å². The molecular weight excluding hydrogens is 304 g/mol. The van der Waals surface area contributed by atoms with E-state index in [0.717, 1.165) is 11.1 Å². The van der Waals surface area contributed by atoms with Gasteiger partial charge in [-0.15, -0.1) is 0 Å². The third-order valence-electron chi connectivity index (χ3n) is 3.93. The van der Waals surface area contributed by atoms with E-state index in [4.69, 9.17) is 4.74 Å². The zero-order chi connectivity index (χ0) is 17.1. The van der Waals surface area contributed by atoms with E-state index < -0.39 is 6.10 Å². The molecule has 0 amide bonds. The molecule has 2 aromatic carbocycles. The molecule has 5 heteroatoms. The van der Waals surface area contributed by atoms with Crippen LogP contribution in [0.25, 0.3) is 10.9 Å². The van der Waals surface area contributed by atoms with Crippen LogP contribution >= 0.6 is 0 Å². The van der Waals surface area contributed by atoms with Crippen molar-refractivity contribution in [2.45, 2.75) is 26.5 Å². The Morgan fingerprint density at radius 2 is 1.92 bits per heavy atom. The maximum Gasteiger partial charge on any atom is 0.261 e. The standard InChI is InChI=1S/C19H20N2O3/c1-13-6-8-16(9-7-13)24-11-15(22)10-21-12-20-18-14(2)4-3-5-17(18)19(21)23/h3-9,12,15,22H,10-11H2,1-2H3.